The van der Waals surface area contributed by atoms with E-state index in [0.717, 1.165) is 22.3 Å². The van der Waals surface area contributed by atoms with Crippen molar-refractivity contribution in [2.24, 2.45) is 11.7 Å². The summed E-state index contributed by atoms with van der Waals surface area (Å²) in [6.45, 7) is 4.48. The number of nitrogens with zero attached hydrogens (tertiary/aromatic N) is 2. The van der Waals surface area contributed by atoms with Crippen molar-refractivity contribution in [2.45, 2.75) is 32.9 Å². The lowest BCUT2D eigenvalue weighted by Crippen LogP contribution is -2.41. The van der Waals surface area contributed by atoms with Crippen molar-refractivity contribution in [1.29, 1.82) is 0 Å². The topological polar surface area (TPSA) is 72.9 Å². The first-order valence-electron chi connectivity index (χ1n) is 8.61. The number of amides is 1. The van der Waals surface area contributed by atoms with Gasteiger partial charge in [0.15, 0.2) is 0 Å². The molecule has 5 heteroatoms. The molecule has 2 aromatic carbocycles. The van der Waals surface area contributed by atoms with Gasteiger partial charge in [-0.25, -0.2) is 4.68 Å². The molecule has 0 saturated heterocycles. The van der Waals surface area contributed by atoms with Crippen molar-refractivity contribution >= 4 is 16.8 Å². The number of para-hydroxylation sites is 2. The highest BCUT2D eigenvalue weighted by Gasteiger charge is 2.16. The van der Waals surface area contributed by atoms with Crippen molar-refractivity contribution in [3.63, 3.8) is 0 Å². The number of aromatic nitrogens is 2. The molecule has 0 aliphatic rings. The van der Waals surface area contributed by atoms with Crippen LogP contribution in [0.1, 0.15) is 26.0 Å². The Bertz CT molecular complexity index is 855. The number of hydrogen-bond acceptors (Lipinski definition) is 3. The minimum Gasteiger partial charge on any atom is -0.349 e. The van der Waals surface area contributed by atoms with Gasteiger partial charge < -0.3 is 11.1 Å². The third-order valence-electron chi connectivity index (χ3n) is 4.16. The lowest BCUT2D eigenvalue weighted by Gasteiger charge is -2.13. The van der Waals surface area contributed by atoms with Crippen LogP contribution in [-0.2, 0) is 11.3 Å². The first kappa shape index (κ1) is 17.2. The van der Waals surface area contributed by atoms with Crippen LogP contribution in [0.3, 0.4) is 0 Å². The van der Waals surface area contributed by atoms with Gasteiger partial charge in [0.05, 0.1) is 29.5 Å². The van der Waals surface area contributed by atoms with Crippen LogP contribution >= 0.6 is 0 Å². The Balaban J connectivity index is 1.84. The average molecular weight is 336 g/mol. The molecule has 1 aromatic heterocycles. The molecule has 1 atom stereocenters. The van der Waals surface area contributed by atoms with E-state index in [1.807, 2.05) is 59.3 Å². The van der Waals surface area contributed by atoms with Gasteiger partial charge in [-0.15, -0.1) is 0 Å². The Labute approximate surface area is 147 Å². The molecule has 0 bridgehead atoms. The van der Waals surface area contributed by atoms with E-state index < -0.39 is 6.04 Å². The highest BCUT2D eigenvalue weighted by molar-refractivity contribution is 5.85. The summed E-state index contributed by atoms with van der Waals surface area (Å²) in [4.78, 5) is 12.2. The Morgan fingerprint density at radius 3 is 2.52 bits per heavy atom. The minimum absolute atomic E-state index is 0.132. The molecule has 0 aliphatic carbocycles. The quantitative estimate of drug-likeness (QED) is 0.727. The zero-order valence-corrected chi connectivity index (χ0v) is 14.6. The molecular weight excluding hydrogens is 312 g/mol. The van der Waals surface area contributed by atoms with E-state index in [4.69, 9.17) is 10.8 Å². The third kappa shape index (κ3) is 3.88. The van der Waals surface area contributed by atoms with E-state index in [-0.39, 0.29) is 5.91 Å². The van der Waals surface area contributed by atoms with Gasteiger partial charge in [-0.2, -0.15) is 5.10 Å². The normalized spacial score (nSPS) is 12.5. The van der Waals surface area contributed by atoms with Crippen LogP contribution in [0.5, 0.6) is 0 Å². The monoisotopic (exact) mass is 336 g/mol. The van der Waals surface area contributed by atoms with Gasteiger partial charge in [-0.05, 0) is 30.5 Å². The molecule has 0 saturated carbocycles. The van der Waals surface area contributed by atoms with Crippen LogP contribution < -0.4 is 11.1 Å². The fourth-order valence-corrected chi connectivity index (χ4v) is 2.94. The number of rotatable bonds is 6. The van der Waals surface area contributed by atoms with E-state index >= 15 is 0 Å². The van der Waals surface area contributed by atoms with E-state index in [2.05, 4.69) is 19.2 Å². The first-order chi connectivity index (χ1) is 12.1. The summed E-state index contributed by atoms with van der Waals surface area (Å²) in [5.74, 6) is 0.255. The second-order valence-electron chi connectivity index (χ2n) is 6.67. The lowest BCUT2D eigenvalue weighted by atomic mass is 10.0. The maximum atomic E-state index is 12.2. The molecule has 3 rings (SSSR count). The van der Waals surface area contributed by atoms with Crippen molar-refractivity contribution < 1.29 is 4.79 Å². The highest BCUT2D eigenvalue weighted by atomic mass is 16.2. The molecule has 3 N–H and O–H groups in total. The van der Waals surface area contributed by atoms with Crippen LogP contribution in [-0.4, -0.2) is 21.7 Å². The number of nitrogens with one attached hydrogen (secondary N) is 1. The molecule has 0 aliphatic heterocycles. The largest absolute Gasteiger partial charge is 0.349 e. The predicted molar refractivity (Wildman–Crippen MR) is 100 cm³/mol. The van der Waals surface area contributed by atoms with Crippen molar-refractivity contribution in [3.8, 4) is 5.69 Å². The predicted octanol–water partition coefficient (Wildman–Crippen LogP) is 3.02. The van der Waals surface area contributed by atoms with Gasteiger partial charge in [0.2, 0.25) is 5.91 Å². The Morgan fingerprint density at radius 1 is 1.12 bits per heavy atom. The maximum absolute atomic E-state index is 12.2. The Morgan fingerprint density at radius 2 is 1.80 bits per heavy atom. The molecule has 0 radical (unpaired) electrons. The van der Waals surface area contributed by atoms with Crippen LogP contribution in [0.15, 0.2) is 54.6 Å². The number of hydrogen-bond donors (Lipinski definition) is 2. The molecule has 0 fully saturated rings. The van der Waals surface area contributed by atoms with Crippen molar-refractivity contribution in [3.05, 3.63) is 60.3 Å². The van der Waals surface area contributed by atoms with Gasteiger partial charge in [0.25, 0.3) is 0 Å². The number of carbonyl (C=O) groups excluding carboxylic acids is 1. The molecule has 1 unspecified atom stereocenters. The number of carbonyl (C=O) groups is 1. The van der Waals surface area contributed by atoms with Crippen LogP contribution in [0, 0.1) is 5.92 Å². The number of benzene rings is 2. The van der Waals surface area contributed by atoms with E-state index in [0.29, 0.717) is 18.9 Å². The van der Waals surface area contributed by atoms with Crippen LogP contribution in [0.4, 0.5) is 0 Å². The van der Waals surface area contributed by atoms with Crippen molar-refractivity contribution in [1.82, 2.24) is 15.1 Å². The molecule has 130 valence electrons. The van der Waals surface area contributed by atoms with Gasteiger partial charge in [-0.3, -0.25) is 4.79 Å². The summed E-state index contributed by atoms with van der Waals surface area (Å²) in [5.41, 5.74) is 8.80. The van der Waals surface area contributed by atoms with E-state index in [9.17, 15) is 4.79 Å². The van der Waals surface area contributed by atoms with Gasteiger partial charge >= 0.3 is 0 Å². The number of nitrogens with two attached hydrogens (primary N) is 1. The summed E-state index contributed by atoms with van der Waals surface area (Å²) in [5, 5.41) is 8.67. The number of fused-ring (bicyclic) bond motifs is 1. The molecule has 5 nitrogen and oxygen atoms in total. The molecule has 25 heavy (non-hydrogen) atoms. The van der Waals surface area contributed by atoms with Crippen LogP contribution in [0.2, 0.25) is 0 Å². The zero-order valence-electron chi connectivity index (χ0n) is 14.6. The summed E-state index contributed by atoms with van der Waals surface area (Å²) >= 11 is 0. The van der Waals surface area contributed by atoms with Crippen molar-refractivity contribution in [2.75, 3.05) is 0 Å². The summed E-state index contributed by atoms with van der Waals surface area (Å²) in [6.07, 6.45) is 0.672. The second-order valence-corrected chi connectivity index (χ2v) is 6.67. The summed E-state index contributed by atoms with van der Waals surface area (Å²) in [6, 6.07) is 17.5. The second kappa shape index (κ2) is 7.49. The molecule has 1 amide bonds. The third-order valence-corrected chi connectivity index (χ3v) is 4.16. The Kier molecular flexibility index (Phi) is 5.14. The van der Waals surface area contributed by atoms with Gasteiger partial charge in [0.1, 0.15) is 0 Å². The molecule has 3 aromatic rings. The summed E-state index contributed by atoms with van der Waals surface area (Å²) in [7, 11) is 0. The van der Waals surface area contributed by atoms with Crippen LogP contribution in [0.25, 0.3) is 16.6 Å². The summed E-state index contributed by atoms with van der Waals surface area (Å²) < 4.78 is 1.91. The fourth-order valence-electron chi connectivity index (χ4n) is 2.94. The SMILES string of the molecule is CC(C)CC(N)C(=O)NCc1nn(-c2ccccc2)c2ccccc12. The van der Waals surface area contributed by atoms with E-state index in [1.54, 1.807) is 0 Å². The molecule has 1 heterocycles. The minimum atomic E-state index is -0.484. The first-order valence-corrected chi connectivity index (χ1v) is 8.61. The smallest absolute Gasteiger partial charge is 0.237 e. The van der Waals surface area contributed by atoms with Gasteiger partial charge in [0, 0.05) is 5.39 Å². The Hall–Kier alpha value is -2.66. The zero-order chi connectivity index (χ0) is 17.8. The van der Waals surface area contributed by atoms with E-state index in [1.165, 1.54) is 0 Å². The molecular formula is C20H24N4O. The highest BCUT2D eigenvalue weighted by Crippen LogP contribution is 2.22. The standard InChI is InChI=1S/C20H24N4O/c1-14(2)12-17(21)20(25)22-13-18-16-10-6-7-11-19(16)24(23-18)15-8-4-3-5-9-15/h3-11,14,17H,12-13,21H2,1-2H3,(H,22,25). The van der Waals surface area contributed by atoms with Gasteiger partial charge in [-0.1, -0.05) is 50.2 Å². The lowest BCUT2D eigenvalue weighted by molar-refractivity contribution is -0.122. The average Bonchev–Trinajstić information content (AvgIpc) is 2.98. The maximum Gasteiger partial charge on any atom is 0.237 e. The molecule has 0 spiro atoms. The fraction of sp³-hybridized carbons (Fsp3) is 0.300.